The molecule has 0 unspecified atom stereocenters. The molecule has 3 rings (SSSR count). The first-order chi connectivity index (χ1) is 10.7. The molecule has 1 amide bonds. The molecule has 0 aromatic heterocycles. The summed E-state index contributed by atoms with van der Waals surface area (Å²) in [5.74, 6) is 0.141. The number of carbonyl (C=O) groups excluding carboxylic acids is 1. The number of rotatable bonds is 4. The highest BCUT2D eigenvalue weighted by molar-refractivity contribution is 7.80. The van der Waals surface area contributed by atoms with E-state index in [1.165, 1.54) is 0 Å². The Morgan fingerprint density at radius 2 is 2.14 bits per heavy atom. The third-order valence-corrected chi connectivity index (χ3v) is 4.51. The molecule has 0 saturated carbocycles. The molecule has 2 aliphatic rings. The molecular formula is C16H21N3O2S. The van der Waals surface area contributed by atoms with Gasteiger partial charge in [-0.1, -0.05) is 18.2 Å². The van der Waals surface area contributed by atoms with Gasteiger partial charge in [0.15, 0.2) is 0 Å². The smallest absolute Gasteiger partial charge is 0.260 e. The van der Waals surface area contributed by atoms with E-state index in [1.54, 1.807) is 0 Å². The average Bonchev–Trinajstić information content (AvgIpc) is 2.94. The molecule has 1 N–H and O–H groups in total. The zero-order valence-electron chi connectivity index (χ0n) is 12.5. The van der Waals surface area contributed by atoms with Crippen molar-refractivity contribution in [2.24, 2.45) is 5.92 Å². The van der Waals surface area contributed by atoms with Gasteiger partial charge >= 0.3 is 0 Å². The number of piperidine rings is 1. The number of anilines is 1. The third-order valence-electron chi connectivity index (χ3n) is 4.13. The lowest BCUT2D eigenvalue weighted by molar-refractivity contribution is -0.121. The van der Waals surface area contributed by atoms with Crippen molar-refractivity contribution >= 4 is 29.0 Å². The number of carbonyl (C=O) groups is 1. The van der Waals surface area contributed by atoms with Gasteiger partial charge in [0.05, 0.1) is 19.1 Å². The molecule has 2 heterocycles. The number of amides is 1. The Hall–Kier alpha value is -1.66. The molecule has 22 heavy (non-hydrogen) atoms. The summed E-state index contributed by atoms with van der Waals surface area (Å²) in [7, 11) is 0. The second kappa shape index (κ2) is 7.07. The Kier molecular flexibility index (Phi) is 4.90. The fraction of sp³-hybridized carbons (Fsp3) is 0.500. The molecular weight excluding hydrogens is 298 g/mol. The Morgan fingerprint density at radius 1 is 1.32 bits per heavy atom. The van der Waals surface area contributed by atoms with E-state index in [1.807, 2.05) is 30.3 Å². The standard InChI is InChI=1S/C16H21N3O2S/c20-15(17-14-6-2-1-3-7-14)13-5-4-8-18(11-13)12-19-9-10-21-16(19)22/h1-3,6-7,13H,4-5,8-12H2,(H,17,20)/t13-/m0/s1. The molecule has 1 aromatic carbocycles. The number of benzene rings is 1. The summed E-state index contributed by atoms with van der Waals surface area (Å²) in [6.07, 6.45) is 1.98. The molecule has 0 bridgehead atoms. The van der Waals surface area contributed by atoms with Crippen LogP contribution < -0.4 is 5.32 Å². The molecule has 2 saturated heterocycles. The minimum absolute atomic E-state index is 0.0334. The quantitative estimate of drug-likeness (QED) is 0.859. The Morgan fingerprint density at radius 3 is 2.86 bits per heavy atom. The molecule has 6 heteroatoms. The third kappa shape index (κ3) is 3.75. The largest absolute Gasteiger partial charge is 0.469 e. The van der Waals surface area contributed by atoms with Crippen LogP contribution in [0.1, 0.15) is 12.8 Å². The lowest BCUT2D eigenvalue weighted by atomic mass is 9.97. The van der Waals surface area contributed by atoms with E-state index in [-0.39, 0.29) is 11.8 Å². The van der Waals surface area contributed by atoms with Gasteiger partial charge in [0.1, 0.15) is 6.61 Å². The van der Waals surface area contributed by atoms with Gasteiger partial charge in [-0.25, -0.2) is 0 Å². The number of ether oxygens (including phenoxy) is 1. The van der Waals surface area contributed by atoms with Gasteiger partial charge in [-0.2, -0.15) is 0 Å². The van der Waals surface area contributed by atoms with Crippen molar-refractivity contribution in [3.8, 4) is 0 Å². The number of para-hydroxylation sites is 1. The maximum atomic E-state index is 12.4. The highest BCUT2D eigenvalue weighted by Gasteiger charge is 2.28. The summed E-state index contributed by atoms with van der Waals surface area (Å²) in [5, 5.41) is 3.58. The van der Waals surface area contributed by atoms with Gasteiger partial charge in [-0.15, -0.1) is 0 Å². The number of thiocarbonyl (C=S) groups is 1. The fourth-order valence-electron chi connectivity index (χ4n) is 2.96. The minimum atomic E-state index is 0.0334. The van der Waals surface area contributed by atoms with Crippen LogP contribution in [0.5, 0.6) is 0 Å². The normalized spacial score (nSPS) is 22.5. The van der Waals surface area contributed by atoms with Crippen LogP contribution in [0.4, 0.5) is 5.69 Å². The Labute approximate surface area is 136 Å². The van der Waals surface area contributed by atoms with E-state index in [0.29, 0.717) is 11.8 Å². The minimum Gasteiger partial charge on any atom is -0.469 e. The second-order valence-electron chi connectivity index (χ2n) is 5.79. The van der Waals surface area contributed by atoms with Crippen LogP contribution in [-0.4, -0.2) is 53.8 Å². The van der Waals surface area contributed by atoms with Crippen molar-refractivity contribution in [2.45, 2.75) is 12.8 Å². The number of nitrogens with one attached hydrogen (secondary N) is 1. The van der Waals surface area contributed by atoms with Crippen LogP contribution >= 0.6 is 12.2 Å². The molecule has 0 aliphatic carbocycles. The first kappa shape index (κ1) is 15.2. The van der Waals surface area contributed by atoms with Crippen molar-refractivity contribution in [2.75, 3.05) is 38.2 Å². The van der Waals surface area contributed by atoms with Crippen molar-refractivity contribution in [3.63, 3.8) is 0 Å². The van der Waals surface area contributed by atoms with Crippen molar-refractivity contribution < 1.29 is 9.53 Å². The summed E-state index contributed by atoms with van der Waals surface area (Å²) in [4.78, 5) is 16.8. The van der Waals surface area contributed by atoms with Gasteiger partial charge < -0.3 is 15.0 Å². The number of nitrogens with zero attached hydrogens (tertiary/aromatic N) is 2. The number of hydrogen-bond acceptors (Lipinski definition) is 4. The summed E-state index contributed by atoms with van der Waals surface area (Å²) in [5.41, 5.74) is 0.860. The maximum Gasteiger partial charge on any atom is 0.260 e. The van der Waals surface area contributed by atoms with E-state index < -0.39 is 0 Å². The van der Waals surface area contributed by atoms with Crippen LogP contribution in [0.2, 0.25) is 0 Å². The predicted octanol–water partition coefficient (Wildman–Crippen LogP) is 1.91. The van der Waals surface area contributed by atoms with Crippen LogP contribution in [0, 0.1) is 5.92 Å². The van der Waals surface area contributed by atoms with Crippen molar-refractivity contribution in [1.29, 1.82) is 0 Å². The van der Waals surface area contributed by atoms with E-state index in [0.717, 1.165) is 44.8 Å². The number of likely N-dealkylation sites (tertiary alicyclic amines) is 1. The first-order valence-electron chi connectivity index (χ1n) is 7.72. The zero-order chi connectivity index (χ0) is 15.4. The monoisotopic (exact) mass is 319 g/mol. The summed E-state index contributed by atoms with van der Waals surface area (Å²) in [6.45, 7) is 4.06. The van der Waals surface area contributed by atoms with Gasteiger partial charge in [0.2, 0.25) is 5.91 Å². The molecule has 0 radical (unpaired) electrons. The summed E-state index contributed by atoms with van der Waals surface area (Å²) >= 11 is 5.17. The summed E-state index contributed by atoms with van der Waals surface area (Å²) < 4.78 is 5.31. The van der Waals surface area contributed by atoms with Gasteiger partial charge in [0.25, 0.3) is 5.17 Å². The fourth-order valence-corrected chi connectivity index (χ4v) is 3.19. The molecule has 0 spiro atoms. The predicted molar refractivity (Wildman–Crippen MR) is 89.5 cm³/mol. The molecule has 2 aliphatic heterocycles. The van der Waals surface area contributed by atoms with Crippen LogP contribution in [0.25, 0.3) is 0 Å². The molecule has 118 valence electrons. The SMILES string of the molecule is O=C(Nc1ccccc1)[C@H]1CCCN(CN2CCOC2=S)C1. The van der Waals surface area contributed by atoms with Gasteiger partial charge in [0, 0.05) is 12.2 Å². The van der Waals surface area contributed by atoms with Crippen LogP contribution in [0.3, 0.4) is 0 Å². The second-order valence-corrected chi connectivity index (χ2v) is 6.14. The highest BCUT2D eigenvalue weighted by Crippen LogP contribution is 2.19. The van der Waals surface area contributed by atoms with E-state index in [9.17, 15) is 4.79 Å². The van der Waals surface area contributed by atoms with E-state index >= 15 is 0 Å². The Balaban J connectivity index is 1.53. The topological polar surface area (TPSA) is 44.8 Å². The molecule has 1 aromatic rings. The average molecular weight is 319 g/mol. The maximum absolute atomic E-state index is 12.4. The molecule has 1 atom stereocenters. The first-order valence-corrected chi connectivity index (χ1v) is 8.13. The van der Waals surface area contributed by atoms with Crippen LogP contribution in [0.15, 0.2) is 30.3 Å². The number of hydrogen-bond donors (Lipinski definition) is 1. The van der Waals surface area contributed by atoms with E-state index in [2.05, 4.69) is 15.1 Å². The van der Waals surface area contributed by atoms with Crippen molar-refractivity contribution in [3.05, 3.63) is 30.3 Å². The lowest BCUT2D eigenvalue weighted by Gasteiger charge is -2.34. The molecule has 5 nitrogen and oxygen atoms in total. The lowest BCUT2D eigenvalue weighted by Crippen LogP contribution is -2.46. The zero-order valence-corrected chi connectivity index (χ0v) is 13.3. The summed E-state index contributed by atoms with van der Waals surface area (Å²) in [6, 6.07) is 9.63. The van der Waals surface area contributed by atoms with E-state index in [4.69, 9.17) is 17.0 Å². The Bertz CT molecular complexity index is 537. The van der Waals surface area contributed by atoms with Crippen LogP contribution in [-0.2, 0) is 9.53 Å². The van der Waals surface area contributed by atoms with Gasteiger partial charge in [-0.05, 0) is 43.7 Å². The molecule has 2 fully saturated rings. The highest BCUT2D eigenvalue weighted by atomic mass is 32.1. The van der Waals surface area contributed by atoms with Crippen molar-refractivity contribution in [1.82, 2.24) is 9.80 Å². The van der Waals surface area contributed by atoms with Gasteiger partial charge in [-0.3, -0.25) is 9.69 Å².